The number of nitrogens with zero attached hydrogens (tertiary/aromatic N) is 2. The fourth-order valence-corrected chi connectivity index (χ4v) is 6.86. The monoisotopic (exact) mass is 934 g/mol. The molecule has 0 fully saturated rings. The van der Waals surface area contributed by atoms with Crippen molar-refractivity contribution in [1.29, 1.82) is 0 Å². The molecule has 5 aromatic carbocycles. The molecule has 0 aliphatic rings. The minimum Gasteiger partial charge on any atom is -0.287 e. The van der Waals surface area contributed by atoms with E-state index >= 15 is 35.1 Å². The average molecular weight is 934 g/mol. The Labute approximate surface area is 345 Å². The summed E-state index contributed by atoms with van der Waals surface area (Å²) in [5.41, 5.74) is -12.6. The van der Waals surface area contributed by atoms with Crippen molar-refractivity contribution < 1.29 is 97.2 Å². The summed E-state index contributed by atoms with van der Waals surface area (Å²) in [6, 6.07) is 9.37. The van der Waals surface area contributed by atoms with Crippen molar-refractivity contribution in [3.63, 3.8) is 0 Å². The number of carbonyl (C=O) groups excluding carboxylic acids is 1. The van der Waals surface area contributed by atoms with Crippen molar-refractivity contribution in [2.75, 3.05) is 0 Å². The van der Waals surface area contributed by atoms with Gasteiger partial charge in [-0.25, -0.2) is 92.8 Å². The number of hydrogen-bond acceptors (Lipinski definition) is 2. The van der Waals surface area contributed by atoms with E-state index in [2.05, 4.69) is 18.8 Å². The number of benzene rings is 5. The third-order valence-corrected chi connectivity index (χ3v) is 9.56. The first-order valence-electron chi connectivity index (χ1n) is 17.5. The van der Waals surface area contributed by atoms with Crippen LogP contribution in [0.3, 0.4) is 0 Å². The third kappa shape index (κ3) is 8.01. The molecule has 0 saturated heterocycles. The number of hydrogen-bond donors (Lipinski definition) is 0. The lowest BCUT2D eigenvalue weighted by atomic mass is 9.12. The van der Waals surface area contributed by atoms with E-state index in [4.69, 9.17) is 0 Å². The predicted octanol–water partition coefficient (Wildman–Crippen LogP) is 8.30. The number of carbonyl (C=O) groups is 1. The molecule has 0 spiro atoms. The molecular weight excluding hydrogens is 915 g/mol. The molecule has 0 amide bonds. The zero-order valence-electron chi connectivity index (χ0n) is 31.5. The highest BCUT2D eigenvalue weighted by atomic mass is 19.2. The summed E-state index contributed by atoms with van der Waals surface area (Å²) in [4.78, 5) is 16.4. The molecule has 0 N–H and O–H groups in total. The molecular formula is C40H19BF20N2O. The van der Waals surface area contributed by atoms with E-state index in [1.807, 2.05) is 47.3 Å². The Kier molecular flexibility index (Phi) is 13.9. The summed E-state index contributed by atoms with van der Waals surface area (Å²) < 4.78 is 296. The standard InChI is InChI=1S/C24BF20.C16H19N2O/c26-5-1(6(27)14(35)21(42)13(5)34)25(2-7(28)15(36)22(43)16(37)8(2)29,3-9(30)17(38)23(44)18(39)10(3)31)4-11(32)19(40)24(45)20(41)12(4)33;1-13(2)10-15-11-18(9-8-17-15)12-16(19)14-6-4-3-5-7-14/h;3-9,11,13H,10,12H2,1-2H3/q-1;+1. The van der Waals surface area contributed by atoms with E-state index in [1.165, 1.54) is 0 Å². The van der Waals surface area contributed by atoms with Crippen LogP contribution in [0.15, 0.2) is 48.9 Å². The van der Waals surface area contributed by atoms with Crippen LogP contribution in [0.1, 0.15) is 29.9 Å². The molecule has 0 unspecified atom stereocenters. The van der Waals surface area contributed by atoms with Crippen molar-refractivity contribution in [3.05, 3.63) is 177 Å². The van der Waals surface area contributed by atoms with E-state index < -0.39 is 144 Å². The fourth-order valence-electron chi connectivity index (χ4n) is 6.86. The van der Waals surface area contributed by atoms with Crippen molar-refractivity contribution >= 4 is 33.8 Å². The first-order chi connectivity index (χ1) is 29.8. The van der Waals surface area contributed by atoms with Crippen LogP contribution in [0.2, 0.25) is 0 Å². The Morgan fingerprint density at radius 1 is 0.469 bits per heavy atom. The van der Waals surface area contributed by atoms with E-state index in [1.54, 1.807) is 6.20 Å². The maximum absolute atomic E-state index is 15.4. The normalized spacial score (nSPS) is 11.6. The highest BCUT2D eigenvalue weighted by molar-refractivity contribution is 7.20. The van der Waals surface area contributed by atoms with E-state index in [9.17, 15) is 57.5 Å². The Bertz CT molecular complexity index is 2460. The number of aromatic nitrogens is 2. The van der Waals surface area contributed by atoms with Gasteiger partial charge in [0.05, 0.1) is 6.20 Å². The summed E-state index contributed by atoms with van der Waals surface area (Å²) in [6.45, 7) is 4.68. The van der Waals surface area contributed by atoms with E-state index in [-0.39, 0.29) is 5.78 Å². The molecule has 0 bridgehead atoms. The van der Waals surface area contributed by atoms with Gasteiger partial charge < -0.3 is 0 Å². The summed E-state index contributed by atoms with van der Waals surface area (Å²) in [5, 5.41) is 0. The minimum absolute atomic E-state index is 0.118. The van der Waals surface area contributed by atoms with Gasteiger partial charge >= 0.3 is 0 Å². The van der Waals surface area contributed by atoms with Crippen LogP contribution >= 0.6 is 0 Å². The molecule has 0 atom stereocenters. The van der Waals surface area contributed by atoms with Crippen LogP contribution in [0.5, 0.6) is 0 Å². The predicted molar refractivity (Wildman–Crippen MR) is 183 cm³/mol. The van der Waals surface area contributed by atoms with Crippen LogP contribution in [0, 0.1) is 122 Å². The second kappa shape index (κ2) is 18.3. The van der Waals surface area contributed by atoms with Gasteiger partial charge in [-0.2, -0.15) is 4.57 Å². The first-order valence-corrected chi connectivity index (χ1v) is 17.5. The van der Waals surface area contributed by atoms with Crippen LogP contribution < -0.4 is 26.4 Å². The molecule has 0 aliphatic heterocycles. The van der Waals surface area contributed by atoms with Gasteiger partial charge in [-0.3, -0.25) is 4.79 Å². The molecule has 0 aliphatic carbocycles. The summed E-state index contributed by atoms with van der Waals surface area (Å²) >= 11 is 0. The third-order valence-electron chi connectivity index (χ3n) is 9.56. The lowest BCUT2D eigenvalue weighted by Crippen LogP contribution is -2.81. The van der Waals surface area contributed by atoms with Crippen LogP contribution in [0.4, 0.5) is 87.8 Å². The van der Waals surface area contributed by atoms with E-state index in [0.717, 1.165) is 17.7 Å². The molecule has 6 aromatic rings. The van der Waals surface area contributed by atoms with Crippen molar-refractivity contribution in [3.8, 4) is 0 Å². The molecule has 64 heavy (non-hydrogen) atoms. The topological polar surface area (TPSA) is 33.8 Å². The van der Waals surface area contributed by atoms with Crippen LogP contribution in [-0.4, -0.2) is 16.9 Å². The van der Waals surface area contributed by atoms with Gasteiger partial charge in [0, 0.05) is 5.56 Å². The van der Waals surface area contributed by atoms with Crippen LogP contribution in [-0.2, 0) is 13.0 Å². The summed E-state index contributed by atoms with van der Waals surface area (Å²) in [7, 11) is 0. The molecule has 24 heteroatoms. The molecule has 338 valence electrons. The van der Waals surface area contributed by atoms with Gasteiger partial charge in [-0.05, 0) is 12.3 Å². The molecule has 1 heterocycles. The fraction of sp³-hybridized carbons (Fsp3) is 0.125. The van der Waals surface area contributed by atoms with Crippen molar-refractivity contribution in [2.45, 2.75) is 26.8 Å². The number of Topliss-reactive ketones (excluding diaryl/α,β-unsaturated/α-hetero) is 1. The number of rotatable bonds is 9. The molecule has 1 aromatic heterocycles. The lowest BCUT2D eigenvalue weighted by molar-refractivity contribution is -0.684. The second-order valence-electron chi connectivity index (χ2n) is 13.9. The zero-order chi connectivity index (χ0) is 48.0. The Morgan fingerprint density at radius 3 is 1.03 bits per heavy atom. The smallest absolute Gasteiger partial charge is 0.227 e. The second-order valence-corrected chi connectivity index (χ2v) is 13.9. The zero-order valence-corrected chi connectivity index (χ0v) is 31.5. The SMILES string of the molecule is CC(C)Cc1c[n+](CC(=O)c2ccccc2)ccn1.Fc1c(F)c(F)c([B-](c2c(F)c(F)c(F)c(F)c2F)(c2c(F)c(F)c(F)c(F)c2F)c2c(F)c(F)c(F)c(F)c2F)c(F)c1F. The van der Waals surface area contributed by atoms with Gasteiger partial charge in [-0.1, -0.05) is 44.2 Å². The lowest BCUT2D eigenvalue weighted by Gasteiger charge is -2.44. The van der Waals surface area contributed by atoms with Gasteiger partial charge in [-0.15, -0.1) is 21.9 Å². The van der Waals surface area contributed by atoms with Crippen LogP contribution in [0.25, 0.3) is 0 Å². The maximum atomic E-state index is 15.4. The van der Waals surface area contributed by atoms with Gasteiger partial charge in [0.25, 0.3) is 0 Å². The van der Waals surface area contributed by atoms with Crippen molar-refractivity contribution in [2.24, 2.45) is 5.92 Å². The van der Waals surface area contributed by atoms with E-state index in [0.29, 0.717) is 12.5 Å². The van der Waals surface area contributed by atoms with Gasteiger partial charge in [0.1, 0.15) is 58.4 Å². The largest absolute Gasteiger partial charge is 0.287 e. The Hall–Kier alpha value is -6.49. The first kappa shape index (κ1) is 48.5. The molecule has 6 rings (SSSR count). The molecule has 3 nitrogen and oxygen atoms in total. The Morgan fingerprint density at radius 2 is 0.750 bits per heavy atom. The highest BCUT2D eigenvalue weighted by Crippen LogP contribution is 2.30. The molecule has 0 radical (unpaired) electrons. The summed E-state index contributed by atoms with van der Waals surface area (Å²) in [5.74, 6) is -70.7. The molecule has 0 saturated carbocycles. The average Bonchev–Trinajstić information content (AvgIpc) is 3.26. The van der Waals surface area contributed by atoms with Gasteiger partial charge in [0.2, 0.25) is 12.3 Å². The number of halogens is 20. The highest BCUT2D eigenvalue weighted by Gasteiger charge is 2.52. The maximum Gasteiger partial charge on any atom is 0.227 e. The minimum atomic E-state index is -7.22. The quantitative estimate of drug-likeness (QED) is 0.0366. The van der Waals surface area contributed by atoms with Crippen molar-refractivity contribution in [1.82, 2.24) is 4.98 Å². The summed E-state index contributed by atoms with van der Waals surface area (Å²) in [6.07, 6.45) is -0.729. The van der Waals surface area contributed by atoms with Gasteiger partial charge in [0.15, 0.2) is 82.2 Å². The number of ketones is 1. The Balaban J connectivity index is 0.000000337.